The summed E-state index contributed by atoms with van der Waals surface area (Å²) in [5.41, 5.74) is 3.26. The standard InChI is InChI=1S/C24H24FN3O3S.ClH/c1-16(18-5-3-2-4-6-18)27-24(29)28-20-7-9-21(10-8-20)32(30,31)15-17-11-19-13-26-14-22(19)23(25)12-17;/h2-12,16,26H,13-15H2,1H3,(H2,27,28,29);1H/t16-;/m1./s1. The Morgan fingerprint density at radius 3 is 2.45 bits per heavy atom. The molecular weight excluding hydrogens is 465 g/mol. The molecule has 174 valence electrons. The number of nitrogens with one attached hydrogen (secondary N) is 3. The van der Waals surface area contributed by atoms with Gasteiger partial charge in [-0.05, 0) is 53.9 Å². The SMILES string of the molecule is C[C@@H](NC(=O)Nc1ccc(S(=O)(=O)Cc2cc(F)c3c(c2)CNC3)cc1)c1ccccc1.Cl. The predicted molar refractivity (Wildman–Crippen MR) is 129 cm³/mol. The van der Waals surface area contributed by atoms with E-state index in [0.29, 0.717) is 29.9 Å². The highest BCUT2D eigenvalue weighted by molar-refractivity contribution is 7.90. The minimum absolute atomic E-state index is 0. The number of halogens is 2. The number of sulfone groups is 1. The van der Waals surface area contributed by atoms with E-state index in [-0.39, 0.29) is 40.9 Å². The first kappa shape index (κ1) is 24.7. The molecule has 3 aromatic rings. The van der Waals surface area contributed by atoms with Gasteiger partial charge in [-0.15, -0.1) is 12.4 Å². The first-order valence-electron chi connectivity index (χ1n) is 10.3. The van der Waals surface area contributed by atoms with Crippen LogP contribution < -0.4 is 16.0 Å². The Hall–Kier alpha value is -2.94. The molecule has 0 saturated heterocycles. The number of fused-ring (bicyclic) bond motifs is 1. The fourth-order valence-electron chi connectivity index (χ4n) is 3.75. The van der Waals surface area contributed by atoms with E-state index < -0.39 is 9.84 Å². The maximum atomic E-state index is 14.2. The van der Waals surface area contributed by atoms with Crippen molar-refractivity contribution < 1.29 is 17.6 Å². The fourth-order valence-corrected chi connectivity index (χ4v) is 5.08. The molecule has 0 fully saturated rings. The Labute approximate surface area is 198 Å². The number of rotatable bonds is 6. The molecule has 1 aliphatic rings. The molecule has 6 nitrogen and oxygen atoms in total. The summed E-state index contributed by atoms with van der Waals surface area (Å²) in [6.07, 6.45) is 0. The molecule has 3 aromatic carbocycles. The minimum Gasteiger partial charge on any atom is -0.331 e. The van der Waals surface area contributed by atoms with E-state index in [1.54, 1.807) is 6.07 Å². The van der Waals surface area contributed by atoms with Gasteiger partial charge in [-0.1, -0.05) is 36.4 Å². The Kier molecular flexibility index (Phi) is 7.73. The van der Waals surface area contributed by atoms with Crippen LogP contribution in [-0.2, 0) is 28.7 Å². The first-order valence-corrected chi connectivity index (χ1v) is 11.9. The van der Waals surface area contributed by atoms with Gasteiger partial charge < -0.3 is 16.0 Å². The quantitative estimate of drug-likeness (QED) is 0.468. The fraction of sp³-hybridized carbons (Fsp3) is 0.208. The summed E-state index contributed by atoms with van der Waals surface area (Å²) in [7, 11) is -3.66. The number of anilines is 1. The molecule has 0 unspecified atom stereocenters. The average molecular weight is 490 g/mol. The molecule has 4 rings (SSSR count). The first-order chi connectivity index (χ1) is 15.3. The van der Waals surface area contributed by atoms with Crippen molar-refractivity contribution in [3.8, 4) is 0 Å². The van der Waals surface area contributed by atoms with Crippen molar-refractivity contribution in [3.05, 3.63) is 94.8 Å². The van der Waals surface area contributed by atoms with Gasteiger partial charge in [-0.2, -0.15) is 0 Å². The molecule has 0 spiro atoms. The normalized spacial score (nSPS) is 13.5. The second-order valence-electron chi connectivity index (χ2n) is 7.83. The molecule has 3 N–H and O–H groups in total. The van der Waals surface area contributed by atoms with Crippen LogP contribution >= 0.6 is 12.4 Å². The van der Waals surface area contributed by atoms with Crippen LogP contribution in [0.3, 0.4) is 0 Å². The van der Waals surface area contributed by atoms with Gasteiger partial charge in [0, 0.05) is 24.3 Å². The molecule has 0 saturated carbocycles. The van der Waals surface area contributed by atoms with Crippen molar-refractivity contribution >= 4 is 34.0 Å². The van der Waals surface area contributed by atoms with Crippen molar-refractivity contribution in [1.82, 2.24) is 10.6 Å². The van der Waals surface area contributed by atoms with Gasteiger partial charge in [0.2, 0.25) is 0 Å². The van der Waals surface area contributed by atoms with Crippen molar-refractivity contribution in [3.63, 3.8) is 0 Å². The smallest absolute Gasteiger partial charge is 0.319 e. The minimum atomic E-state index is -3.66. The van der Waals surface area contributed by atoms with E-state index in [2.05, 4.69) is 16.0 Å². The van der Waals surface area contributed by atoms with E-state index in [4.69, 9.17) is 0 Å². The Morgan fingerprint density at radius 2 is 1.76 bits per heavy atom. The highest BCUT2D eigenvalue weighted by atomic mass is 35.5. The van der Waals surface area contributed by atoms with Crippen molar-refractivity contribution in [1.29, 1.82) is 0 Å². The summed E-state index contributed by atoms with van der Waals surface area (Å²) < 4.78 is 39.8. The summed E-state index contributed by atoms with van der Waals surface area (Å²) in [6, 6.07) is 18.0. The highest BCUT2D eigenvalue weighted by Crippen LogP contribution is 2.25. The molecular formula is C24H25ClFN3O3S. The summed E-state index contributed by atoms with van der Waals surface area (Å²) in [5.74, 6) is -0.674. The highest BCUT2D eigenvalue weighted by Gasteiger charge is 2.20. The van der Waals surface area contributed by atoms with Gasteiger partial charge in [0.1, 0.15) is 5.82 Å². The molecule has 2 amide bonds. The lowest BCUT2D eigenvalue weighted by Crippen LogP contribution is -2.31. The molecule has 9 heteroatoms. The monoisotopic (exact) mass is 489 g/mol. The summed E-state index contributed by atoms with van der Waals surface area (Å²) in [4.78, 5) is 12.4. The number of amides is 2. The number of hydrogen-bond acceptors (Lipinski definition) is 4. The Bertz CT molecular complexity index is 1240. The van der Waals surface area contributed by atoms with Crippen LogP contribution in [0.15, 0.2) is 71.6 Å². The van der Waals surface area contributed by atoms with Crippen LogP contribution in [0.2, 0.25) is 0 Å². The molecule has 0 bridgehead atoms. The van der Waals surface area contributed by atoms with Gasteiger partial charge in [0.05, 0.1) is 16.7 Å². The zero-order valence-electron chi connectivity index (χ0n) is 18.0. The van der Waals surface area contributed by atoms with E-state index in [1.165, 1.54) is 30.3 Å². The van der Waals surface area contributed by atoms with E-state index in [1.807, 2.05) is 37.3 Å². The zero-order chi connectivity index (χ0) is 22.7. The Balaban J connectivity index is 0.00000306. The molecule has 1 aliphatic heterocycles. The molecule has 0 aliphatic carbocycles. The van der Waals surface area contributed by atoms with Gasteiger partial charge in [0.25, 0.3) is 0 Å². The van der Waals surface area contributed by atoms with Gasteiger partial charge >= 0.3 is 6.03 Å². The lowest BCUT2D eigenvalue weighted by atomic mass is 10.1. The van der Waals surface area contributed by atoms with E-state index in [0.717, 1.165) is 11.1 Å². The van der Waals surface area contributed by atoms with Crippen LogP contribution in [0, 0.1) is 5.82 Å². The molecule has 1 atom stereocenters. The number of urea groups is 1. The lowest BCUT2D eigenvalue weighted by Gasteiger charge is -2.15. The van der Waals surface area contributed by atoms with Gasteiger partial charge in [-0.3, -0.25) is 0 Å². The number of benzene rings is 3. The predicted octanol–water partition coefficient (Wildman–Crippen LogP) is 4.71. The maximum absolute atomic E-state index is 14.2. The van der Waals surface area contributed by atoms with Crippen molar-refractivity contribution in [2.75, 3.05) is 5.32 Å². The van der Waals surface area contributed by atoms with E-state index in [9.17, 15) is 17.6 Å². The van der Waals surface area contributed by atoms with Crippen LogP contribution in [0.1, 0.15) is 35.2 Å². The van der Waals surface area contributed by atoms with Crippen LogP contribution in [-0.4, -0.2) is 14.4 Å². The third kappa shape index (κ3) is 5.90. The molecule has 0 aromatic heterocycles. The zero-order valence-corrected chi connectivity index (χ0v) is 19.6. The van der Waals surface area contributed by atoms with Crippen LogP contribution in [0.5, 0.6) is 0 Å². The topological polar surface area (TPSA) is 87.3 Å². The van der Waals surface area contributed by atoms with Crippen molar-refractivity contribution in [2.24, 2.45) is 0 Å². The van der Waals surface area contributed by atoms with Crippen LogP contribution in [0.4, 0.5) is 14.9 Å². The molecule has 1 heterocycles. The second kappa shape index (κ2) is 10.3. The third-order valence-electron chi connectivity index (χ3n) is 5.44. The van der Waals surface area contributed by atoms with Crippen molar-refractivity contribution in [2.45, 2.75) is 36.7 Å². The Morgan fingerprint density at radius 1 is 1.06 bits per heavy atom. The largest absolute Gasteiger partial charge is 0.331 e. The molecule has 33 heavy (non-hydrogen) atoms. The van der Waals surface area contributed by atoms with Gasteiger partial charge in [0.15, 0.2) is 9.84 Å². The summed E-state index contributed by atoms with van der Waals surface area (Å²) in [6.45, 7) is 2.87. The van der Waals surface area contributed by atoms with E-state index >= 15 is 0 Å². The molecule has 0 radical (unpaired) electrons. The van der Waals surface area contributed by atoms with Gasteiger partial charge in [-0.25, -0.2) is 17.6 Å². The number of hydrogen-bond donors (Lipinski definition) is 3. The average Bonchev–Trinajstić information content (AvgIpc) is 3.23. The van der Waals surface area contributed by atoms with Crippen LogP contribution in [0.25, 0.3) is 0 Å². The lowest BCUT2D eigenvalue weighted by molar-refractivity contribution is 0.249. The second-order valence-corrected chi connectivity index (χ2v) is 9.82. The number of carbonyl (C=O) groups is 1. The third-order valence-corrected chi connectivity index (χ3v) is 7.14. The maximum Gasteiger partial charge on any atom is 0.319 e. The summed E-state index contributed by atoms with van der Waals surface area (Å²) in [5, 5.41) is 8.61. The number of carbonyl (C=O) groups excluding carboxylic acids is 1. The summed E-state index contributed by atoms with van der Waals surface area (Å²) >= 11 is 0.